The molecule has 0 atom stereocenters. The Bertz CT molecular complexity index is 490. The van der Waals surface area contributed by atoms with Crippen molar-refractivity contribution in [2.75, 3.05) is 18.0 Å². The molecule has 0 spiro atoms. The number of anilines is 1. The first kappa shape index (κ1) is 11.4. The number of para-hydroxylation sites is 2. The number of amides is 2. The lowest BCUT2D eigenvalue weighted by Gasteiger charge is -2.14. The highest BCUT2D eigenvalue weighted by Gasteiger charge is 2.17. The van der Waals surface area contributed by atoms with Crippen LogP contribution in [0, 0.1) is 0 Å². The summed E-state index contributed by atoms with van der Waals surface area (Å²) in [5, 5.41) is 0. The molecule has 1 aromatic carbocycles. The van der Waals surface area contributed by atoms with Crippen LogP contribution in [0.15, 0.2) is 28.7 Å². The molecule has 2 aromatic rings. The first-order valence-electron chi connectivity index (χ1n) is 5.35. The second kappa shape index (κ2) is 4.84. The maximum atomic E-state index is 11.3. The van der Waals surface area contributed by atoms with E-state index in [1.165, 1.54) is 4.90 Å². The van der Waals surface area contributed by atoms with Crippen molar-refractivity contribution < 1.29 is 9.21 Å². The van der Waals surface area contributed by atoms with Crippen LogP contribution in [0.1, 0.15) is 6.42 Å². The maximum absolute atomic E-state index is 11.3. The smallest absolute Gasteiger partial charge is 0.322 e. The van der Waals surface area contributed by atoms with Crippen molar-refractivity contribution in [3.05, 3.63) is 24.3 Å². The summed E-state index contributed by atoms with van der Waals surface area (Å²) < 4.78 is 5.46. The van der Waals surface area contributed by atoms with Gasteiger partial charge < -0.3 is 15.9 Å². The highest BCUT2D eigenvalue weighted by atomic mass is 16.4. The van der Waals surface area contributed by atoms with Crippen LogP contribution < -0.4 is 16.4 Å². The van der Waals surface area contributed by atoms with Gasteiger partial charge in [0.15, 0.2) is 5.58 Å². The average Bonchev–Trinajstić information content (AvgIpc) is 2.72. The van der Waals surface area contributed by atoms with Crippen LogP contribution in [0.3, 0.4) is 0 Å². The number of primary amides is 1. The van der Waals surface area contributed by atoms with Gasteiger partial charge in [-0.15, -0.1) is 0 Å². The van der Waals surface area contributed by atoms with E-state index in [9.17, 15) is 4.79 Å². The van der Waals surface area contributed by atoms with Crippen LogP contribution in [-0.4, -0.2) is 24.1 Å². The molecule has 0 bridgehead atoms. The number of urea groups is 1. The van der Waals surface area contributed by atoms with E-state index < -0.39 is 6.03 Å². The first-order chi connectivity index (χ1) is 8.22. The molecule has 1 aromatic heterocycles. The molecular formula is C11H14N4O2. The van der Waals surface area contributed by atoms with Gasteiger partial charge in [-0.1, -0.05) is 12.1 Å². The normalized spacial score (nSPS) is 10.6. The number of nitrogens with zero attached hydrogens (tertiary/aromatic N) is 2. The van der Waals surface area contributed by atoms with Gasteiger partial charge in [0, 0.05) is 6.54 Å². The predicted octanol–water partition coefficient (Wildman–Crippen LogP) is 1.06. The summed E-state index contributed by atoms with van der Waals surface area (Å²) in [5.74, 6) is 0. The van der Waals surface area contributed by atoms with E-state index in [1.54, 1.807) is 6.07 Å². The van der Waals surface area contributed by atoms with E-state index in [-0.39, 0.29) is 6.01 Å². The van der Waals surface area contributed by atoms with Crippen LogP contribution in [0.25, 0.3) is 11.1 Å². The Labute approximate surface area is 98.2 Å². The zero-order valence-electron chi connectivity index (χ0n) is 9.30. The highest BCUT2D eigenvalue weighted by Crippen LogP contribution is 2.21. The van der Waals surface area contributed by atoms with E-state index in [0.29, 0.717) is 30.6 Å². The second-order valence-electron chi connectivity index (χ2n) is 3.60. The van der Waals surface area contributed by atoms with Gasteiger partial charge in [0.25, 0.3) is 0 Å². The lowest BCUT2D eigenvalue weighted by Crippen LogP contribution is -2.37. The summed E-state index contributed by atoms with van der Waals surface area (Å²) in [5.41, 5.74) is 12.0. The van der Waals surface area contributed by atoms with E-state index in [4.69, 9.17) is 15.9 Å². The number of hydrogen-bond acceptors (Lipinski definition) is 4. The molecule has 0 aliphatic rings. The fraction of sp³-hybridized carbons (Fsp3) is 0.273. The van der Waals surface area contributed by atoms with Gasteiger partial charge in [0.2, 0.25) is 0 Å². The Morgan fingerprint density at radius 2 is 2.18 bits per heavy atom. The molecule has 0 saturated heterocycles. The maximum Gasteiger partial charge on any atom is 0.322 e. The summed E-state index contributed by atoms with van der Waals surface area (Å²) in [6.45, 7) is 0.878. The molecule has 0 unspecified atom stereocenters. The van der Waals surface area contributed by atoms with Crippen molar-refractivity contribution in [2.24, 2.45) is 11.5 Å². The van der Waals surface area contributed by atoms with Gasteiger partial charge >= 0.3 is 12.0 Å². The number of aromatic nitrogens is 1. The zero-order chi connectivity index (χ0) is 12.3. The number of carbonyl (C=O) groups excluding carboxylic acids is 1. The van der Waals surface area contributed by atoms with Crippen LogP contribution in [-0.2, 0) is 0 Å². The quantitative estimate of drug-likeness (QED) is 0.826. The standard InChI is InChI=1S/C11H14N4O2/c12-6-3-7-15(10(13)16)11-14-8-4-1-2-5-9(8)17-11/h1-2,4-5H,3,6-7,12H2,(H2,13,16). The fourth-order valence-corrected chi connectivity index (χ4v) is 1.53. The Morgan fingerprint density at radius 1 is 1.41 bits per heavy atom. The van der Waals surface area contributed by atoms with Crippen molar-refractivity contribution in [3.8, 4) is 0 Å². The molecule has 6 heteroatoms. The summed E-state index contributed by atoms with van der Waals surface area (Å²) in [4.78, 5) is 16.8. The number of rotatable bonds is 4. The van der Waals surface area contributed by atoms with Gasteiger partial charge in [-0.25, -0.2) is 9.69 Å². The van der Waals surface area contributed by atoms with Crippen molar-refractivity contribution in [1.29, 1.82) is 0 Å². The van der Waals surface area contributed by atoms with Crippen molar-refractivity contribution in [3.63, 3.8) is 0 Å². The highest BCUT2D eigenvalue weighted by molar-refractivity contribution is 5.89. The molecule has 90 valence electrons. The summed E-state index contributed by atoms with van der Waals surface area (Å²) in [7, 11) is 0. The third-order valence-corrected chi connectivity index (χ3v) is 2.37. The Morgan fingerprint density at radius 3 is 2.82 bits per heavy atom. The number of nitrogens with two attached hydrogens (primary N) is 2. The molecule has 17 heavy (non-hydrogen) atoms. The number of benzene rings is 1. The van der Waals surface area contributed by atoms with Gasteiger partial charge in [-0.05, 0) is 25.1 Å². The van der Waals surface area contributed by atoms with E-state index in [2.05, 4.69) is 4.98 Å². The van der Waals surface area contributed by atoms with E-state index >= 15 is 0 Å². The number of oxazole rings is 1. The Balaban J connectivity index is 2.31. The van der Waals surface area contributed by atoms with Gasteiger partial charge in [0.1, 0.15) is 5.52 Å². The summed E-state index contributed by atoms with van der Waals surface area (Å²) in [6.07, 6.45) is 0.641. The number of fused-ring (bicyclic) bond motifs is 1. The monoisotopic (exact) mass is 234 g/mol. The second-order valence-corrected chi connectivity index (χ2v) is 3.60. The van der Waals surface area contributed by atoms with Gasteiger partial charge in [0.05, 0.1) is 0 Å². The SMILES string of the molecule is NCCCN(C(N)=O)c1nc2ccccc2o1. The molecular weight excluding hydrogens is 220 g/mol. The van der Waals surface area contributed by atoms with Crippen molar-refractivity contribution in [2.45, 2.75) is 6.42 Å². The molecule has 0 aliphatic heterocycles. The summed E-state index contributed by atoms with van der Waals surface area (Å²) in [6, 6.07) is 6.91. The molecule has 2 amide bonds. The van der Waals surface area contributed by atoms with Crippen LogP contribution in [0.4, 0.5) is 10.8 Å². The molecule has 0 radical (unpaired) electrons. The minimum absolute atomic E-state index is 0.215. The van der Waals surface area contributed by atoms with E-state index in [0.717, 1.165) is 0 Å². The number of hydrogen-bond donors (Lipinski definition) is 2. The largest absolute Gasteiger partial charge is 0.423 e. The van der Waals surface area contributed by atoms with Gasteiger partial charge in [-0.3, -0.25) is 0 Å². The average molecular weight is 234 g/mol. The molecule has 0 fully saturated rings. The molecule has 0 saturated carbocycles. The lowest BCUT2D eigenvalue weighted by atomic mass is 10.3. The zero-order valence-corrected chi connectivity index (χ0v) is 9.30. The molecule has 4 N–H and O–H groups in total. The topological polar surface area (TPSA) is 98.4 Å². The number of carbonyl (C=O) groups is 1. The fourth-order valence-electron chi connectivity index (χ4n) is 1.53. The molecule has 0 aliphatic carbocycles. The van der Waals surface area contributed by atoms with Crippen molar-refractivity contribution in [1.82, 2.24) is 4.98 Å². The minimum atomic E-state index is -0.593. The third kappa shape index (κ3) is 2.36. The van der Waals surface area contributed by atoms with Crippen molar-refractivity contribution >= 4 is 23.1 Å². The Hall–Kier alpha value is -2.08. The van der Waals surface area contributed by atoms with Gasteiger partial charge in [-0.2, -0.15) is 4.98 Å². The molecule has 2 rings (SSSR count). The minimum Gasteiger partial charge on any atom is -0.423 e. The molecule has 1 heterocycles. The molecule has 6 nitrogen and oxygen atoms in total. The van der Waals surface area contributed by atoms with Crippen LogP contribution in [0.5, 0.6) is 0 Å². The van der Waals surface area contributed by atoms with Crippen LogP contribution in [0.2, 0.25) is 0 Å². The Kier molecular flexibility index (Phi) is 3.24. The third-order valence-electron chi connectivity index (χ3n) is 2.37. The lowest BCUT2D eigenvalue weighted by molar-refractivity contribution is 0.252. The van der Waals surface area contributed by atoms with E-state index in [1.807, 2.05) is 18.2 Å². The summed E-state index contributed by atoms with van der Waals surface area (Å²) >= 11 is 0. The first-order valence-corrected chi connectivity index (χ1v) is 5.35. The predicted molar refractivity (Wildman–Crippen MR) is 64.6 cm³/mol. The van der Waals surface area contributed by atoms with Crippen LogP contribution >= 0.6 is 0 Å².